The van der Waals surface area contributed by atoms with Gasteiger partial charge in [-0.25, -0.2) is 0 Å². The van der Waals surface area contributed by atoms with Gasteiger partial charge in [0.15, 0.2) is 0 Å². The fraction of sp³-hybridized carbons (Fsp3) is 1.00. The SMILES string of the molecule is CCN[C@@H]1CCCCC[C@@H]1OC. The van der Waals surface area contributed by atoms with E-state index in [1.165, 1.54) is 32.1 Å². The van der Waals surface area contributed by atoms with Gasteiger partial charge in [-0.05, 0) is 19.4 Å². The molecular formula is C10H21NO. The number of nitrogens with one attached hydrogen (secondary N) is 1. The number of ether oxygens (including phenoxy) is 1. The summed E-state index contributed by atoms with van der Waals surface area (Å²) >= 11 is 0. The summed E-state index contributed by atoms with van der Waals surface area (Å²) in [6.45, 7) is 3.22. The average Bonchev–Trinajstić information content (AvgIpc) is 2.30. The van der Waals surface area contributed by atoms with E-state index in [1.54, 1.807) is 0 Å². The molecule has 2 atom stereocenters. The molecule has 0 aromatic carbocycles. The average molecular weight is 171 g/mol. The van der Waals surface area contributed by atoms with Crippen molar-refractivity contribution in [3.8, 4) is 0 Å². The lowest BCUT2D eigenvalue weighted by Gasteiger charge is -2.24. The van der Waals surface area contributed by atoms with Crippen LogP contribution in [0, 0.1) is 0 Å². The molecule has 0 saturated heterocycles. The molecule has 0 spiro atoms. The third kappa shape index (κ3) is 2.76. The highest BCUT2D eigenvalue weighted by Gasteiger charge is 2.21. The summed E-state index contributed by atoms with van der Waals surface area (Å²) < 4.78 is 5.47. The third-order valence-electron chi connectivity index (χ3n) is 2.72. The molecule has 2 nitrogen and oxygen atoms in total. The zero-order valence-electron chi connectivity index (χ0n) is 8.31. The lowest BCUT2D eigenvalue weighted by atomic mass is 10.1. The molecule has 0 unspecified atom stereocenters. The smallest absolute Gasteiger partial charge is 0.0724 e. The second-order valence-corrected chi connectivity index (χ2v) is 3.58. The zero-order valence-corrected chi connectivity index (χ0v) is 8.31. The van der Waals surface area contributed by atoms with Gasteiger partial charge in [-0.3, -0.25) is 0 Å². The van der Waals surface area contributed by atoms with E-state index in [4.69, 9.17) is 4.74 Å². The minimum Gasteiger partial charge on any atom is -0.380 e. The summed E-state index contributed by atoms with van der Waals surface area (Å²) in [5.41, 5.74) is 0. The van der Waals surface area contributed by atoms with Crippen LogP contribution in [-0.2, 0) is 4.74 Å². The van der Waals surface area contributed by atoms with E-state index in [0.29, 0.717) is 12.1 Å². The molecule has 0 heterocycles. The Balaban J connectivity index is 2.39. The van der Waals surface area contributed by atoms with Crippen LogP contribution in [0.4, 0.5) is 0 Å². The quantitative estimate of drug-likeness (QED) is 0.655. The Morgan fingerprint density at radius 1 is 1.25 bits per heavy atom. The Hall–Kier alpha value is -0.0800. The first-order chi connectivity index (χ1) is 5.88. The van der Waals surface area contributed by atoms with Crippen LogP contribution in [-0.4, -0.2) is 25.8 Å². The maximum absolute atomic E-state index is 5.47. The topological polar surface area (TPSA) is 21.3 Å². The molecule has 1 rings (SSSR count). The van der Waals surface area contributed by atoms with Crippen molar-refractivity contribution in [2.75, 3.05) is 13.7 Å². The molecule has 2 heteroatoms. The predicted molar refractivity (Wildman–Crippen MR) is 51.3 cm³/mol. The molecule has 1 aliphatic rings. The minimum absolute atomic E-state index is 0.451. The maximum atomic E-state index is 5.47. The lowest BCUT2D eigenvalue weighted by Crippen LogP contribution is -2.39. The second kappa shape index (κ2) is 5.55. The summed E-state index contributed by atoms with van der Waals surface area (Å²) in [6, 6.07) is 0.600. The molecule has 1 N–H and O–H groups in total. The fourth-order valence-corrected chi connectivity index (χ4v) is 2.05. The van der Waals surface area contributed by atoms with E-state index in [9.17, 15) is 0 Å². The van der Waals surface area contributed by atoms with Gasteiger partial charge in [0.05, 0.1) is 6.10 Å². The van der Waals surface area contributed by atoms with Crippen molar-refractivity contribution in [1.29, 1.82) is 0 Å². The molecule has 0 aromatic rings. The van der Waals surface area contributed by atoms with Crippen molar-refractivity contribution >= 4 is 0 Å². The first kappa shape index (κ1) is 10.0. The summed E-state index contributed by atoms with van der Waals surface area (Å²) in [5.74, 6) is 0. The summed E-state index contributed by atoms with van der Waals surface area (Å²) in [6.07, 6.45) is 7.03. The van der Waals surface area contributed by atoms with Gasteiger partial charge in [0.1, 0.15) is 0 Å². The molecule has 72 valence electrons. The monoisotopic (exact) mass is 171 g/mol. The Kier molecular flexibility index (Phi) is 4.62. The molecule has 1 fully saturated rings. The number of hydrogen-bond acceptors (Lipinski definition) is 2. The van der Waals surface area contributed by atoms with Crippen molar-refractivity contribution in [2.24, 2.45) is 0 Å². The van der Waals surface area contributed by atoms with E-state index >= 15 is 0 Å². The van der Waals surface area contributed by atoms with E-state index in [0.717, 1.165) is 6.54 Å². The number of rotatable bonds is 3. The maximum Gasteiger partial charge on any atom is 0.0724 e. The molecule has 0 amide bonds. The van der Waals surface area contributed by atoms with Gasteiger partial charge in [-0.15, -0.1) is 0 Å². The minimum atomic E-state index is 0.451. The van der Waals surface area contributed by atoms with Gasteiger partial charge in [0.2, 0.25) is 0 Å². The second-order valence-electron chi connectivity index (χ2n) is 3.58. The summed E-state index contributed by atoms with van der Waals surface area (Å²) in [4.78, 5) is 0. The largest absolute Gasteiger partial charge is 0.380 e. The standard InChI is InChI=1S/C10H21NO/c1-3-11-9-7-5-4-6-8-10(9)12-2/h9-11H,3-8H2,1-2H3/t9-,10+/m1/s1. The van der Waals surface area contributed by atoms with E-state index in [1.807, 2.05) is 7.11 Å². The molecule has 1 saturated carbocycles. The highest BCUT2D eigenvalue weighted by atomic mass is 16.5. The molecule has 0 aromatic heterocycles. The van der Waals surface area contributed by atoms with Crippen LogP contribution in [0.2, 0.25) is 0 Å². The van der Waals surface area contributed by atoms with Crippen LogP contribution in [0.15, 0.2) is 0 Å². The number of methoxy groups -OCH3 is 1. The first-order valence-corrected chi connectivity index (χ1v) is 5.14. The van der Waals surface area contributed by atoms with Crippen LogP contribution in [0.25, 0.3) is 0 Å². The van der Waals surface area contributed by atoms with E-state index < -0.39 is 0 Å². The van der Waals surface area contributed by atoms with Crippen LogP contribution in [0.3, 0.4) is 0 Å². The molecule has 0 aliphatic heterocycles. The molecule has 0 bridgehead atoms. The van der Waals surface area contributed by atoms with Gasteiger partial charge >= 0.3 is 0 Å². The Morgan fingerprint density at radius 2 is 2.00 bits per heavy atom. The fourth-order valence-electron chi connectivity index (χ4n) is 2.05. The molecular weight excluding hydrogens is 150 g/mol. The Morgan fingerprint density at radius 3 is 2.67 bits per heavy atom. The van der Waals surface area contributed by atoms with Crippen molar-refractivity contribution in [1.82, 2.24) is 5.32 Å². The molecule has 0 radical (unpaired) electrons. The Labute approximate surface area is 75.7 Å². The molecule has 12 heavy (non-hydrogen) atoms. The van der Waals surface area contributed by atoms with Crippen molar-refractivity contribution in [3.05, 3.63) is 0 Å². The van der Waals surface area contributed by atoms with Gasteiger partial charge in [0.25, 0.3) is 0 Å². The summed E-state index contributed by atoms with van der Waals surface area (Å²) in [7, 11) is 1.83. The predicted octanol–water partition coefficient (Wildman–Crippen LogP) is 1.94. The third-order valence-corrected chi connectivity index (χ3v) is 2.72. The van der Waals surface area contributed by atoms with Crippen LogP contribution >= 0.6 is 0 Å². The van der Waals surface area contributed by atoms with E-state index in [2.05, 4.69) is 12.2 Å². The Bertz CT molecular complexity index is 116. The van der Waals surface area contributed by atoms with Gasteiger partial charge < -0.3 is 10.1 Å². The zero-order chi connectivity index (χ0) is 8.81. The number of likely N-dealkylation sites (N-methyl/N-ethyl adjacent to an activating group) is 1. The normalized spacial score (nSPS) is 31.5. The van der Waals surface area contributed by atoms with Crippen LogP contribution in [0.1, 0.15) is 39.0 Å². The van der Waals surface area contributed by atoms with Crippen molar-refractivity contribution in [3.63, 3.8) is 0 Å². The van der Waals surface area contributed by atoms with Crippen LogP contribution < -0.4 is 5.32 Å². The molecule has 1 aliphatic carbocycles. The number of hydrogen-bond donors (Lipinski definition) is 1. The van der Waals surface area contributed by atoms with Gasteiger partial charge in [-0.1, -0.05) is 26.2 Å². The first-order valence-electron chi connectivity index (χ1n) is 5.14. The van der Waals surface area contributed by atoms with E-state index in [-0.39, 0.29) is 0 Å². The van der Waals surface area contributed by atoms with Gasteiger partial charge in [-0.2, -0.15) is 0 Å². The highest BCUT2D eigenvalue weighted by Crippen LogP contribution is 2.19. The van der Waals surface area contributed by atoms with Crippen molar-refractivity contribution in [2.45, 2.75) is 51.2 Å². The summed E-state index contributed by atoms with van der Waals surface area (Å²) in [5, 5.41) is 3.50. The van der Waals surface area contributed by atoms with Crippen LogP contribution in [0.5, 0.6) is 0 Å². The van der Waals surface area contributed by atoms with Gasteiger partial charge in [0, 0.05) is 13.2 Å². The van der Waals surface area contributed by atoms with Crippen molar-refractivity contribution < 1.29 is 4.74 Å². The highest BCUT2D eigenvalue weighted by molar-refractivity contribution is 4.79. The lowest BCUT2D eigenvalue weighted by molar-refractivity contribution is 0.0638.